The molecule has 28 heavy (non-hydrogen) atoms. The predicted molar refractivity (Wildman–Crippen MR) is 123 cm³/mol. The van der Waals surface area contributed by atoms with Crippen LogP contribution < -0.4 is 0 Å². The molecule has 0 saturated carbocycles. The average molecular weight is 374 g/mol. The number of aromatic nitrogens is 1. The summed E-state index contributed by atoms with van der Waals surface area (Å²) in [6, 6.07) is 24.5. The van der Waals surface area contributed by atoms with Gasteiger partial charge in [0.25, 0.3) is 0 Å². The second-order valence-electron chi connectivity index (χ2n) is 5.82. The molecule has 0 spiro atoms. The van der Waals surface area contributed by atoms with E-state index in [2.05, 4.69) is 54.4 Å². The zero-order valence-corrected chi connectivity index (χ0v) is 17.9. The first-order valence-corrected chi connectivity index (χ1v) is 9.94. The van der Waals surface area contributed by atoms with Crippen LogP contribution in [0.15, 0.2) is 79.0 Å². The Hall–Kier alpha value is -3.00. The number of carbonyl (C=O) groups excluding carboxylic acids is 1. The molecular formula is C26H31NO. The van der Waals surface area contributed by atoms with Crippen molar-refractivity contribution in [2.24, 2.45) is 0 Å². The number of rotatable bonds is 1. The highest BCUT2D eigenvalue weighted by atomic mass is 16.1. The van der Waals surface area contributed by atoms with Gasteiger partial charge in [0.05, 0.1) is 5.52 Å². The molecule has 0 fully saturated rings. The Morgan fingerprint density at radius 3 is 1.93 bits per heavy atom. The van der Waals surface area contributed by atoms with Crippen LogP contribution in [-0.2, 0) is 0 Å². The number of para-hydroxylation sites is 1. The van der Waals surface area contributed by atoms with Crippen LogP contribution in [0.3, 0.4) is 0 Å². The molecule has 2 nitrogen and oxygen atoms in total. The van der Waals surface area contributed by atoms with Gasteiger partial charge in [0, 0.05) is 17.1 Å². The second-order valence-corrected chi connectivity index (χ2v) is 5.82. The molecule has 0 aliphatic heterocycles. The fourth-order valence-corrected chi connectivity index (χ4v) is 2.57. The van der Waals surface area contributed by atoms with E-state index in [1.807, 2.05) is 58.0 Å². The standard InChI is InChI=1S/C11H9NO.C11H10.2C2H6/c1-8(13)10-6-9-4-2-3-5-11(9)12-7-10;1-9-6-7-10-4-2-3-5-11(10)8-9;2*1-2/h2-7H,1H3;2-8H,1H3;2*1-2H3. The summed E-state index contributed by atoms with van der Waals surface area (Å²) >= 11 is 0. The van der Waals surface area contributed by atoms with Crippen molar-refractivity contribution in [2.75, 3.05) is 0 Å². The number of benzene rings is 3. The zero-order valence-electron chi connectivity index (χ0n) is 17.9. The van der Waals surface area contributed by atoms with Crippen LogP contribution in [0.1, 0.15) is 50.5 Å². The first-order valence-electron chi connectivity index (χ1n) is 9.94. The fourth-order valence-electron chi connectivity index (χ4n) is 2.57. The number of ketones is 1. The van der Waals surface area contributed by atoms with Gasteiger partial charge in [-0.25, -0.2) is 0 Å². The molecule has 4 rings (SSSR count). The summed E-state index contributed by atoms with van der Waals surface area (Å²) in [5.74, 6) is 0.0539. The van der Waals surface area contributed by atoms with Gasteiger partial charge in [-0.3, -0.25) is 9.78 Å². The van der Waals surface area contributed by atoms with E-state index in [9.17, 15) is 4.79 Å². The van der Waals surface area contributed by atoms with Crippen LogP contribution >= 0.6 is 0 Å². The summed E-state index contributed by atoms with van der Waals surface area (Å²) in [5.41, 5.74) is 2.91. The number of nitrogens with zero attached hydrogens (tertiary/aromatic N) is 1. The maximum absolute atomic E-state index is 11.0. The molecule has 146 valence electrons. The minimum absolute atomic E-state index is 0.0539. The molecule has 0 radical (unpaired) electrons. The van der Waals surface area contributed by atoms with E-state index in [0.29, 0.717) is 5.56 Å². The number of carbonyl (C=O) groups is 1. The topological polar surface area (TPSA) is 30.0 Å². The summed E-state index contributed by atoms with van der Waals surface area (Å²) in [7, 11) is 0. The maximum atomic E-state index is 11.0. The average Bonchev–Trinajstić information content (AvgIpc) is 2.76. The van der Waals surface area contributed by atoms with Gasteiger partial charge < -0.3 is 0 Å². The Labute approximate surface area is 169 Å². The van der Waals surface area contributed by atoms with Crippen molar-refractivity contribution in [1.29, 1.82) is 0 Å². The maximum Gasteiger partial charge on any atom is 0.161 e. The van der Waals surface area contributed by atoms with E-state index < -0.39 is 0 Å². The van der Waals surface area contributed by atoms with Gasteiger partial charge in [-0.15, -0.1) is 0 Å². The molecular weight excluding hydrogens is 342 g/mol. The first-order chi connectivity index (χ1) is 13.6. The third-order valence-electron chi connectivity index (χ3n) is 3.90. The zero-order chi connectivity index (χ0) is 20.9. The van der Waals surface area contributed by atoms with Gasteiger partial charge in [-0.2, -0.15) is 0 Å². The molecule has 4 aromatic rings. The SMILES string of the molecule is CC.CC.CC(=O)c1cnc2ccccc2c1.Cc1ccc2ccccc2c1. The van der Waals surface area contributed by atoms with Crippen molar-refractivity contribution in [2.45, 2.75) is 41.5 Å². The molecule has 0 aliphatic carbocycles. The lowest BCUT2D eigenvalue weighted by Gasteiger charge is -1.98. The van der Waals surface area contributed by atoms with E-state index in [1.54, 1.807) is 13.1 Å². The van der Waals surface area contributed by atoms with Crippen LogP contribution in [-0.4, -0.2) is 10.8 Å². The molecule has 0 N–H and O–H groups in total. The Morgan fingerprint density at radius 2 is 1.29 bits per heavy atom. The lowest BCUT2D eigenvalue weighted by molar-refractivity contribution is 0.101. The first kappa shape index (κ1) is 23.0. The third-order valence-corrected chi connectivity index (χ3v) is 3.90. The third kappa shape index (κ3) is 6.62. The van der Waals surface area contributed by atoms with Crippen molar-refractivity contribution in [3.8, 4) is 0 Å². The van der Waals surface area contributed by atoms with E-state index in [4.69, 9.17) is 0 Å². The van der Waals surface area contributed by atoms with Crippen LogP contribution in [0.25, 0.3) is 21.7 Å². The predicted octanol–water partition coefficient (Wildman–Crippen LogP) is 7.64. The number of aryl methyl sites for hydroxylation is 1. The molecule has 0 saturated heterocycles. The summed E-state index contributed by atoms with van der Waals surface area (Å²) in [6.07, 6.45) is 1.62. The van der Waals surface area contributed by atoms with Gasteiger partial charge >= 0.3 is 0 Å². The van der Waals surface area contributed by atoms with E-state index in [-0.39, 0.29) is 5.78 Å². The minimum Gasteiger partial charge on any atom is -0.294 e. The highest BCUT2D eigenvalue weighted by molar-refractivity contribution is 5.97. The van der Waals surface area contributed by atoms with Crippen LogP contribution in [0.2, 0.25) is 0 Å². The quantitative estimate of drug-likeness (QED) is 0.321. The number of pyridine rings is 1. The smallest absolute Gasteiger partial charge is 0.161 e. The molecule has 0 unspecified atom stereocenters. The van der Waals surface area contributed by atoms with Gasteiger partial charge in [0.15, 0.2) is 5.78 Å². The van der Waals surface area contributed by atoms with Crippen molar-refractivity contribution in [3.05, 3.63) is 90.1 Å². The Balaban J connectivity index is 0.000000240. The Morgan fingerprint density at radius 1 is 0.714 bits per heavy atom. The van der Waals surface area contributed by atoms with E-state index >= 15 is 0 Å². The Kier molecular flexibility index (Phi) is 10.2. The number of hydrogen-bond acceptors (Lipinski definition) is 2. The normalized spacial score (nSPS) is 9.21. The van der Waals surface area contributed by atoms with Crippen LogP contribution in [0.5, 0.6) is 0 Å². The van der Waals surface area contributed by atoms with Crippen molar-refractivity contribution >= 4 is 27.5 Å². The van der Waals surface area contributed by atoms with Gasteiger partial charge in [0.2, 0.25) is 0 Å². The summed E-state index contributed by atoms with van der Waals surface area (Å²) in [6.45, 7) is 11.7. The molecule has 1 aromatic heterocycles. The fraction of sp³-hybridized carbons (Fsp3) is 0.231. The molecule has 2 heteroatoms. The second kappa shape index (κ2) is 12.4. The van der Waals surface area contributed by atoms with Crippen molar-refractivity contribution in [3.63, 3.8) is 0 Å². The summed E-state index contributed by atoms with van der Waals surface area (Å²) in [4.78, 5) is 15.2. The molecule has 1 heterocycles. The van der Waals surface area contributed by atoms with Crippen molar-refractivity contribution in [1.82, 2.24) is 4.98 Å². The molecule has 3 aromatic carbocycles. The number of hydrogen-bond donors (Lipinski definition) is 0. The molecule has 0 atom stereocenters. The lowest BCUT2D eigenvalue weighted by Crippen LogP contribution is -1.92. The van der Waals surface area contributed by atoms with E-state index in [0.717, 1.165) is 10.9 Å². The molecule has 0 aliphatic rings. The minimum atomic E-state index is 0.0539. The molecule has 0 amide bonds. The number of Topliss-reactive ketones (excluding diaryl/α,β-unsaturated/α-hetero) is 1. The molecule has 0 bridgehead atoms. The lowest BCUT2D eigenvalue weighted by atomic mass is 10.1. The van der Waals surface area contributed by atoms with Crippen LogP contribution in [0.4, 0.5) is 0 Å². The largest absolute Gasteiger partial charge is 0.294 e. The monoisotopic (exact) mass is 373 g/mol. The van der Waals surface area contributed by atoms with E-state index in [1.165, 1.54) is 16.3 Å². The van der Waals surface area contributed by atoms with Gasteiger partial charge in [0.1, 0.15) is 0 Å². The summed E-state index contributed by atoms with van der Waals surface area (Å²) < 4.78 is 0. The van der Waals surface area contributed by atoms with Gasteiger partial charge in [-0.05, 0) is 36.8 Å². The highest BCUT2D eigenvalue weighted by Gasteiger charge is 2.00. The highest BCUT2D eigenvalue weighted by Crippen LogP contribution is 2.14. The Bertz CT molecular complexity index is 1010. The number of fused-ring (bicyclic) bond motifs is 2. The summed E-state index contributed by atoms with van der Waals surface area (Å²) in [5, 5.41) is 3.65. The van der Waals surface area contributed by atoms with Crippen LogP contribution in [0, 0.1) is 6.92 Å². The van der Waals surface area contributed by atoms with Gasteiger partial charge in [-0.1, -0.05) is 93.9 Å². The van der Waals surface area contributed by atoms with Crippen molar-refractivity contribution < 1.29 is 4.79 Å².